The second-order valence-electron chi connectivity index (χ2n) is 6.71. The smallest absolute Gasteiger partial charge is 0.322 e. The molecule has 0 spiro atoms. The highest BCUT2D eigenvalue weighted by Gasteiger charge is 2.10. The van der Waals surface area contributed by atoms with Gasteiger partial charge in [0.15, 0.2) is 0 Å². The fourth-order valence-corrected chi connectivity index (χ4v) is 3.12. The minimum absolute atomic E-state index is 0.378. The number of aromatic nitrogens is 1. The van der Waals surface area contributed by atoms with Crippen molar-refractivity contribution in [3.8, 4) is 11.1 Å². The number of hydrogen-bond acceptors (Lipinski definition) is 2. The molecule has 5 heteroatoms. The van der Waals surface area contributed by atoms with Crippen molar-refractivity contribution in [1.82, 2.24) is 10.3 Å². The zero-order chi connectivity index (χ0) is 19.6. The van der Waals surface area contributed by atoms with Crippen molar-refractivity contribution in [3.63, 3.8) is 0 Å². The number of hydrogen-bond donors (Lipinski definition) is 3. The molecule has 3 N–H and O–H groups in total. The van der Waals surface area contributed by atoms with E-state index in [1.54, 1.807) is 13.0 Å². The lowest BCUT2D eigenvalue weighted by Gasteiger charge is -2.12. The maximum Gasteiger partial charge on any atom is 0.322 e. The summed E-state index contributed by atoms with van der Waals surface area (Å²) in [7, 11) is 0. The molecule has 0 aliphatic rings. The van der Waals surface area contributed by atoms with E-state index in [9.17, 15) is 9.59 Å². The molecule has 1 heterocycles. The van der Waals surface area contributed by atoms with Crippen LogP contribution in [0, 0.1) is 13.8 Å². The summed E-state index contributed by atoms with van der Waals surface area (Å²) in [6.45, 7) is 5.35. The molecule has 0 atom stereocenters. The number of H-pyrrole nitrogens is 1. The Morgan fingerprint density at radius 1 is 1.11 bits per heavy atom. The van der Waals surface area contributed by atoms with Crippen molar-refractivity contribution in [2.75, 3.05) is 6.54 Å². The van der Waals surface area contributed by atoms with E-state index in [0.29, 0.717) is 5.57 Å². The monoisotopic (exact) mass is 362 g/mol. The predicted molar refractivity (Wildman–Crippen MR) is 108 cm³/mol. The van der Waals surface area contributed by atoms with Gasteiger partial charge in [0.25, 0.3) is 0 Å². The first-order valence-corrected chi connectivity index (χ1v) is 8.72. The molecule has 0 bridgehead atoms. The molecule has 0 saturated carbocycles. The first kappa shape index (κ1) is 18.5. The first-order chi connectivity index (χ1) is 12.8. The fraction of sp³-hybridized carbons (Fsp3) is 0.182. The molecule has 1 aromatic heterocycles. The average Bonchev–Trinajstić information content (AvgIpc) is 3.09. The van der Waals surface area contributed by atoms with E-state index in [0.717, 1.165) is 33.3 Å². The van der Waals surface area contributed by atoms with Crippen LogP contribution in [0.4, 0.5) is 0 Å². The summed E-state index contributed by atoms with van der Waals surface area (Å²) in [5.74, 6) is -1.44. The third-order valence-electron chi connectivity index (χ3n) is 4.61. The molecule has 3 rings (SSSR count). The van der Waals surface area contributed by atoms with Crippen LogP contribution in [-0.2, 0) is 9.59 Å². The van der Waals surface area contributed by atoms with Gasteiger partial charge >= 0.3 is 5.97 Å². The molecule has 2 aromatic carbocycles. The average molecular weight is 362 g/mol. The Morgan fingerprint density at radius 2 is 1.89 bits per heavy atom. The lowest BCUT2D eigenvalue weighted by Crippen LogP contribution is -2.29. The molecule has 0 saturated heterocycles. The van der Waals surface area contributed by atoms with E-state index >= 15 is 0 Å². The highest BCUT2D eigenvalue weighted by molar-refractivity contribution is 5.98. The SMILES string of the molecule is CC(=Cc1cc(C)c(-c2ccc3[nH]ccc3c2)cc1C)C(=O)NCC(=O)O. The van der Waals surface area contributed by atoms with Crippen LogP contribution in [0.15, 0.2) is 48.2 Å². The highest BCUT2D eigenvalue weighted by atomic mass is 16.4. The van der Waals surface area contributed by atoms with Crippen LogP contribution in [0.2, 0.25) is 0 Å². The fourth-order valence-electron chi connectivity index (χ4n) is 3.12. The number of aromatic amines is 1. The number of carboxylic acids is 1. The Morgan fingerprint density at radius 3 is 2.63 bits per heavy atom. The quantitative estimate of drug-likeness (QED) is 0.599. The summed E-state index contributed by atoms with van der Waals surface area (Å²) >= 11 is 0. The van der Waals surface area contributed by atoms with Gasteiger partial charge in [-0.3, -0.25) is 9.59 Å². The third-order valence-corrected chi connectivity index (χ3v) is 4.61. The summed E-state index contributed by atoms with van der Waals surface area (Å²) in [6, 6.07) is 12.6. The lowest BCUT2D eigenvalue weighted by atomic mass is 9.93. The second kappa shape index (κ2) is 7.50. The number of carbonyl (C=O) groups is 2. The third kappa shape index (κ3) is 4.08. The van der Waals surface area contributed by atoms with Crippen molar-refractivity contribution in [2.45, 2.75) is 20.8 Å². The number of carbonyl (C=O) groups excluding carboxylic acids is 1. The Labute approximate surface area is 157 Å². The van der Waals surface area contributed by atoms with E-state index in [-0.39, 0.29) is 12.5 Å². The molecule has 0 fully saturated rings. The number of rotatable bonds is 5. The molecule has 0 unspecified atom stereocenters. The van der Waals surface area contributed by atoms with Gasteiger partial charge in [-0.25, -0.2) is 0 Å². The zero-order valence-corrected chi connectivity index (χ0v) is 15.6. The van der Waals surface area contributed by atoms with Gasteiger partial charge in [0.2, 0.25) is 5.91 Å². The normalized spacial score (nSPS) is 11.6. The Kier molecular flexibility index (Phi) is 5.12. The van der Waals surface area contributed by atoms with Crippen molar-refractivity contribution in [2.24, 2.45) is 0 Å². The molecule has 3 aromatic rings. The summed E-state index contributed by atoms with van der Waals surface area (Å²) in [6.07, 6.45) is 3.72. The van der Waals surface area contributed by atoms with Gasteiger partial charge in [0, 0.05) is 17.3 Å². The molecule has 0 aliphatic heterocycles. The van der Waals surface area contributed by atoms with Crippen LogP contribution in [0.1, 0.15) is 23.6 Å². The van der Waals surface area contributed by atoms with Gasteiger partial charge in [-0.1, -0.05) is 18.2 Å². The van der Waals surface area contributed by atoms with Gasteiger partial charge in [-0.05, 0) is 78.2 Å². The summed E-state index contributed by atoms with van der Waals surface area (Å²) in [5, 5.41) is 12.2. The number of aryl methyl sites for hydroxylation is 2. The molecule has 0 aliphatic carbocycles. The van der Waals surface area contributed by atoms with Crippen LogP contribution < -0.4 is 5.32 Å². The van der Waals surface area contributed by atoms with Crippen LogP contribution in [-0.4, -0.2) is 28.5 Å². The van der Waals surface area contributed by atoms with Gasteiger partial charge < -0.3 is 15.4 Å². The number of carboxylic acid groups (broad SMARTS) is 1. The van der Waals surface area contributed by atoms with Gasteiger partial charge in [-0.2, -0.15) is 0 Å². The zero-order valence-electron chi connectivity index (χ0n) is 15.6. The number of fused-ring (bicyclic) bond motifs is 1. The van der Waals surface area contributed by atoms with E-state index in [2.05, 4.69) is 46.7 Å². The molecule has 1 amide bonds. The largest absolute Gasteiger partial charge is 0.480 e. The molecular weight excluding hydrogens is 340 g/mol. The minimum atomic E-state index is -1.06. The van der Waals surface area contributed by atoms with Crippen LogP contribution in [0.5, 0.6) is 0 Å². The van der Waals surface area contributed by atoms with Crippen molar-refractivity contribution >= 4 is 28.9 Å². The number of amides is 1. The molecule has 0 radical (unpaired) electrons. The first-order valence-electron chi connectivity index (χ1n) is 8.72. The molecular formula is C22H22N2O3. The van der Waals surface area contributed by atoms with Crippen LogP contribution in [0.25, 0.3) is 28.1 Å². The van der Waals surface area contributed by atoms with Gasteiger partial charge in [0.05, 0.1) is 0 Å². The van der Waals surface area contributed by atoms with Crippen LogP contribution >= 0.6 is 0 Å². The van der Waals surface area contributed by atoms with E-state index in [1.807, 2.05) is 20.0 Å². The lowest BCUT2D eigenvalue weighted by molar-refractivity contribution is -0.137. The van der Waals surface area contributed by atoms with E-state index in [1.165, 1.54) is 5.39 Å². The Bertz CT molecular complexity index is 1060. The number of benzene rings is 2. The maximum absolute atomic E-state index is 12.0. The topological polar surface area (TPSA) is 82.2 Å². The number of aliphatic carboxylic acids is 1. The van der Waals surface area contributed by atoms with Crippen molar-refractivity contribution in [3.05, 3.63) is 64.9 Å². The minimum Gasteiger partial charge on any atom is -0.480 e. The Balaban J connectivity index is 1.91. The van der Waals surface area contributed by atoms with Crippen molar-refractivity contribution in [1.29, 1.82) is 0 Å². The van der Waals surface area contributed by atoms with E-state index < -0.39 is 5.97 Å². The standard InChI is InChI=1S/C22H22N2O3/c1-13-10-19(16-4-5-20-17(11-16)6-7-23-20)14(2)8-18(13)9-15(3)22(27)24-12-21(25)26/h4-11,23H,12H2,1-3H3,(H,24,27)(H,25,26). The predicted octanol–water partition coefficient (Wildman–Crippen LogP) is 4.06. The highest BCUT2D eigenvalue weighted by Crippen LogP contribution is 2.29. The maximum atomic E-state index is 12.0. The Hall–Kier alpha value is -3.34. The van der Waals surface area contributed by atoms with Crippen molar-refractivity contribution < 1.29 is 14.7 Å². The second-order valence-corrected chi connectivity index (χ2v) is 6.71. The van der Waals surface area contributed by atoms with Gasteiger partial charge in [-0.15, -0.1) is 0 Å². The summed E-state index contributed by atoms with van der Waals surface area (Å²) in [4.78, 5) is 25.8. The number of nitrogens with one attached hydrogen (secondary N) is 2. The van der Waals surface area contributed by atoms with E-state index in [4.69, 9.17) is 5.11 Å². The summed E-state index contributed by atoms with van der Waals surface area (Å²) < 4.78 is 0. The summed E-state index contributed by atoms with van der Waals surface area (Å²) in [5.41, 5.74) is 6.99. The molecule has 5 nitrogen and oxygen atoms in total. The van der Waals surface area contributed by atoms with Gasteiger partial charge in [0.1, 0.15) is 6.54 Å². The van der Waals surface area contributed by atoms with Crippen LogP contribution in [0.3, 0.4) is 0 Å². The molecule has 27 heavy (non-hydrogen) atoms. The molecule has 138 valence electrons.